The van der Waals surface area contributed by atoms with Crippen molar-refractivity contribution in [2.75, 3.05) is 19.0 Å². The van der Waals surface area contributed by atoms with Crippen LogP contribution in [0, 0.1) is 0 Å². The number of benzene rings is 2. The first-order valence-electron chi connectivity index (χ1n) is 9.45. The summed E-state index contributed by atoms with van der Waals surface area (Å²) in [5.41, 5.74) is 8.37. The molecule has 0 spiro atoms. The number of alkyl halides is 3. The monoisotopic (exact) mass is 447 g/mol. The molecule has 2 unspecified atom stereocenters. The summed E-state index contributed by atoms with van der Waals surface area (Å²) in [6.07, 6.45) is -5.31. The van der Waals surface area contributed by atoms with Gasteiger partial charge in [0.05, 0.1) is 25.3 Å². The molecule has 9 nitrogen and oxygen atoms in total. The van der Waals surface area contributed by atoms with E-state index >= 15 is 0 Å². The highest BCUT2D eigenvalue weighted by Gasteiger charge is 2.40. The van der Waals surface area contributed by atoms with Crippen molar-refractivity contribution in [2.45, 2.75) is 18.2 Å². The van der Waals surface area contributed by atoms with Gasteiger partial charge < -0.3 is 29.7 Å². The summed E-state index contributed by atoms with van der Waals surface area (Å²) in [5.74, 6) is -0.371. The Hall–Kier alpha value is -3.96. The first-order chi connectivity index (χ1) is 15.3. The van der Waals surface area contributed by atoms with Gasteiger partial charge in [0, 0.05) is 16.8 Å². The SMILES string of the molecule is COc1cccc2c1C(C1OC(N)=Nc3ccc(Nc4nnc(C(F)(F)F)o4)cc31)CO2. The Balaban J connectivity index is 1.50. The van der Waals surface area contributed by atoms with Crippen molar-refractivity contribution >= 4 is 23.4 Å². The average Bonchev–Trinajstić information content (AvgIpc) is 3.40. The Morgan fingerprint density at radius 1 is 1.19 bits per heavy atom. The molecule has 3 aromatic rings. The van der Waals surface area contributed by atoms with Crippen molar-refractivity contribution < 1.29 is 31.8 Å². The molecule has 3 heterocycles. The lowest BCUT2D eigenvalue weighted by molar-refractivity contribution is -0.156. The fourth-order valence-corrected chi connectivity index (χ4v) is 3.81. The molecule has 0 saturated heterocycles. The molecule has 0 amide bonds. The molecule has 0 fully saturated rings. The van der Waals surface area contributed by atoms with Crippen LogP contribution < -0.4 is 20.5 Å². The molecule has 2 atom stereocenters. The van der Waals surface area contributed by atoms with Crippen LogP contribution in [0.5, 0.6) is 11.5 Å². The molecule has 2 aliphatic rings. The normalized spacial score (nSPS) is 19.3. The highest BCUT2D eigenvalue weighted by Crippen LogP contribution is 2.50. The zero-order chi connectivity index (χ0) is 22.5. The molecule has 3 N–H and O–H groups in total. The third kappa shape index (κ3) is 3.43. The lowest BCUT2D eigenvalue weighted by Crippen LogP contribution is -2.27. The Labute approximate surface area is 179 Å². The fraction of sp³-hybridized carbons (Fsp3) is 0.250. The van der Waals surface area contributed by atoms with E-state index in [4.69, 9.17) is 19.9 Å². The van der Waals surface area contributed by atoms with Gasteiger partial charge in [0.15, 0.2) is 0 Å². The van der Waals surface area contributed by atoms with Crippen LogP contribution in [0.25, 0.3) is 0 Å². The summed E-state index contributed by atoms with van der Waals surface area (Å²) < 4.78 is 60.0. The largest absolute Gasteiger partial charge is 0.496 e. The van der Waals surface area contributed by atoms with Gasteiger partial charge >= 0.3 is 18.1 Å². The number of ether oxygens (including phenoxy) is 3. The second-order valence-corrected chi connectivity index (χ2v) is 7.09. The summed E-state index contributed by atoms with van der Waals surface area (Å²) in [6, 6.07) is 10.0. The predicted octanol–water partition coefficient (Wildman–Crippen LogP) is 4.03. The van der Waals surface area contributed by atoms with Crippen molar-refractivity contribution in [1.29, 1.82) is 0 Å². The summed E-state index contributed by atoms with van der Waals surface area (Å²) in [5, 5.41) is 9.07. The van der Waals surface area contributed by atoms with Crippen molar-refractivity contribution in [1.82, 2.24) is 10.2 Å². The molecule has 0 saturated carbocycles. The quantitative estimate of drug-likeness (QED) is 0.616. The first kappa shape index (κ1) is 20.0. The van der Waals surface area contributed by atoms with Gasteiger partial charge in [-0.05, 0) is 30.3 Å². The first-order valence-corrected chi connectivity index (χ1v) is 9.45. The van der Waals surface area contributed by atoms with E-state index in [1.807, 2.05) is 18.2 Å². The summed E-state index contributed by atoms with van der Waals surface area (Å²) in [6.45, 7) is 0.323. The van der Waals surface area contributed by atoms with Crippen LogP contribution in [0.15, 0.2) is 45.8 Å². The van der Waals surface area contributed by atoms with Crippen LogP contribution in [-0.4, -0.2) is 29.9 Å². The Morgan fingerprint density at radius 3 is 2.78 bits per heavy atom. The third-order valence-electron chi connectivity index (χ3n) is 5.13. The number of rotatable bonds is 4. The molecule has 0 bridgehead atoms. The number of fused-ring (bicyclic) bond motifs is 2. The molecule has 12 heteroatoms. The lowest BCUT2D eigenvalue weighted by atomic mass is 9.88. The van der Waals surface area contributed by atoms with E-state index in [1.54, 1.807) is 25.3 Å². The number of nitrogens with two attached hydrogens (primary N) is 1. The molecule has 2 aliphatic heterocycles. The van der Waals surface area contributed by atoms with E-state index in [0.717, 1.165) is 5.56 Å². The van der Waals surface area contributed by atoms with Gasteiger partial charge in [-0.2, -0.15) is 18.2 Å². The molecule has 5 rings (SSSR count). The summed E-state index contributed by atoms with van der Waals surface area (Å²) in [4.78, 5) is 4.22. The van der Waals surface area contributed by atoms with Crippen molar-refractivity contribution in [3.63, 3.8) is 0 Å². The highest BCUT2D eigenvalue weighted by atomic mass is 19.4. The number of halogens is 3. The molecule has 2 aromatic carbocycles. The average molecular weight is 447 g/mol. The molecular weight excluding hydrogens is 431 g/mol. The Morgan fingerprint density at radius 2 is 2.03 bits per heavy atom. The second-order valence-electron chi connectivity index (χ2n) is 7.09. The van der Waals surface area contributed by atoms with Gasteiger partial charge in [-0.15, -0.1) is 5.10 Å². The number of hydrogen-bond acceptors (Lipinski definition) is 9. The van der Waals surface area contributed by atoms with Crippen LogP contribution >= 0.6 is 0 Å². The maximum atomic E-state index is 12.7. The molecule has 1 aromatic heterocycles. The molecule has 0 radical (unpaired) electrons. The minimum absolute atomic E-state index is 0.00160. The van der Waals surface area contributed by atoms with Gasteiger partial charge in [0.2, 0.25) is 0 Å². The molecule has 0 aliphatic carbocycles. The topological polar surface area (TPSA) is 117 Å². The maximum Gasteiger partial charge on any atom is 0.470 e. The number of hydrogen-bond donors (Lipinski definition) is 2. The van der Waals surface area contributed by atoms with Crippen LogP contribution in [0.1, 0.15) is 29.0 Å². The lowest BCUT2D eigenvalue weighted by Gasteiger charge is -2.29. The van der Waals surface area contributed by atoms with Gasteiger partial charge in [0.1, 0.15) is 17.6 Å². The van der Waals surface area contributed by atoms with Gasteiger partial charge in [-0.3, -0.25) is 0 Å². The maximum absolute atomic E-state index is 12.7. The molecule has 166 valence electrons. The van der Waals surface area contributed by atoms with E-state index in [1.165, 1.54) is 0 Å². The van der Waals surface area contributed by atoms with Gasteiger partial charge in [-0.1, -0.05) is 11.2 Å². The number of anilines is 2. The number of amidine groups is 1. The van der Waals surface area contributed by atoms with E-state index in [-0.39, 0.29) is 11.9 Å². The molecular formula is C20H16F3N5O4. The number of nitrogens with zero attached hydrogens (tertiary/aromatic N) is 3. The van der Waals surface area contributed by atoms with Crippen molar-refractivity contribution in [3.05, 3.63) is 53.4 Å². The van der Waals surface area contributed by atoms with E-state index in [9.17, 15) is 13.2 Å². The zero-order valence-corrected chi connectivity index (χ0v) is 16.5. The zero-order valence-electron chi connectivity index (χ0n) is 16.5. The predicted molar refractivity (Wildman–Crippen MR) is 105 cm³/mol. The van der Waals surface area contributed by atoms with Crippen LogP contribution in [0.2, 0.25) is 0 Å². The number of aromatic nitrogens is 2. The minimum atomic E-state index is -4.73. The summed E-state index contributed by atoms with van der Waals surface area (Å²) >= 11 is 0. The van der Waals surface area contributed by atoms with Crippen LogP contribution in [-0.2, 0) is 10.9 Å². The second kappa shape index (κ2) is 7.32. The fourth-order valence-electron chi connectivity index (χ4n) is 3.81. The van der Waals surface area contributed by atoms with Crippen LogP contribution in [0.4, 0.5) is 30.6 Å². The summed E-state index contributed by atoms with van der Waals surface area (Å²) in [7, 11) is 1.57. The number of methoxy groups -OCH3 is 1. The van der Waals surface area contributed by atoms with Crippen molar-refractivity contribution in [2.24, 2.45) is 10.7 Å². The van der Waals surface area contributed by atoms with E-state index in [2.05, 4.69) is 24.9 Å². The van der Waals surface area contributed by atoms with E-state index < -0.39 is 24.2 Å². The standard InChI is InChI=1S/C20H16F3N5O4/c1-29-13-3-2-4-14-15(13)11(8-30-14)16-10-7-9(5-6-12(10)26-18(24)31-16)25-19-28-27-17(32-19)20(21,22)23/h2-7,11,16H,8H2,1H3,(H2,24,26)(H,25,28). The molecule has 32 heavy (non-hydrogen) atoms. The van der Waals surface area contributed by atoms with Gasteiger partial charge in [0.25, 0.3) is 6.02 Å². The Kier molecular flexibility index (Phi) is 4.57. The van der Waals surface area contributed by atoms with E-state index in [0.29, 0.717) is 35.0 Å². The van der Waals surface area contributed by atoms with Crippen molar-refractivity contribution in [3.8, 4) is 11.5 Å². The highest BCUT2D eigenvalue weighted by molar-refractivity contribution is 5.79. The third-order valence-corrected chi connectivity index (χ3v) is 5.13. The number of aliphatic imine (C=N–C) groups is 1. The number of nitrogens with one attached hydrogen (secondary N) is 1. The smallest absolute Gasteiger partial charge is 0.470 e. The van der Waals surface area contributed by atoms with Gasteiger partial charge in [-0.25, -0.2) is 0 Å². The minimum Gasteiger partial charge on any atom is -0.496 e. The Bertz CT molecular complexity index is 1210. The van der Waals surface area contributed by atoms with Crippen LogP contribution in [0.3, 0.4) is 0 Å².